The zero-order chi connectivity index (χ0) is 14.7. The Morgan fingerprint density at radius 3 is 2.65 bits per heavy atom. The summed E-state index contributed by atoms with van der Waals surface area (Å²) >= 11 is 13.1. The summed E-state index contributed by atoms with van der Waals surface area (Å²) in [5.74, 6) is 0.0950. The third kappa shape index (κ3) is 3.74. The van der Waals surface area contributed by atoms with Gasteiger partial charge in [-0.3, -0.25) is 0 Å². The molecule has 2 aromatic carbocycles. The zero-order valence-electron chi connectivity index (χ0n) is 10.7. The third-order valence-electron chi connectivity index (χ3n) is 2.91. The fraction of sp³-hybridized carbons (Fsp3) is 0.200. The average Bonchev–Trinajstić information content (AvgIpc) is 2.41. The van der Waals surface area contributed by atoms with Gasteiger partial charge in [0.2, 0.25) is 0 Å². The monoisotopic (exact) mass is 420 g/mol. The van der Waals surface area contributed by atoms with Crippen molar-refractivity contribution < 1.29 is 9.13 Å². The smallest absolute Gasteiger partial charge is 0.141 e. The van der Waals surface area contributed by atoms with Crippen LogP contribution >= 0.6 is 43.5 Å². The maximum atomic E-state index is 13.5. The molecule has 0 N–H and O–H groups in total. The number of halogens is 4. The van der Waals surface area contributed by atoms with Gasteiger partial charge < -0.3 is 4.74 Å². The van der Waals surface area contributed by atoms with Gasteiger partial charge in [-0.1, -0.05) is 28.1 Å². The third-order valence-corrected chi connectivity index (χ3v) is 4.40. The second-order valence-corrected chi connectivity index (χ2v) is 6.61. The molecule has 2 aromatic rings. The first-order valence-corrected chi connectivity index (χ1v) is 7.95. The highest BCUT2D eigenvalue weighted by molar-refractivity contribution is 9.10. The largest absolute Gasteiger partial charge is 0.496 e. The first-order valence-electron chi connectivity index (χ1n) is 5.92. The predicted octanol–water partition coefficient (Wildman–Crippen LogP) is 5.88. The Kier molecular flexibility index (Phi) is 5.47. The fourth-order valence-electron chi connectivity index (χ4n) is 1.95. The maximum Gasteiger partial charge on any atom is 0.141 e. The molecule has 1 atom stereocenters. The van der Waals surface area contributed by atoms with Gasteiger partial charge in [0.05, 0.1) is 17.0 Å². The van der Waals surface area contributed by atoms with E-state index in [0.29, 0.717) is 16.6 Å². The highest BCUT2D eigenvalue weighted by Gasteiger charge is 2.17. The Bertz CT molecular complexity index is 619. The number of methoxy groups -OCH3 is 1. The summed E-state index contributed by atoms with van der Waals surface area (Å²) in [5.41, 5.74) is 1.87. The number of ether oxygens (including phenoxy) is 1. The minimum absolute atomic E-state index is 0.295. The van der Waals surface area contributed by atoms with E-state index in [-0.39, 0.29) is 11.2 Å². The molecule has 0 aliphatic heterocycles. The molecule has 1 nitrogen and oxygen atoms in total. The molecule has 0 aromatic heterocycles. The second kappa shape index (κ2) is 6.92. The lowest BCUT2D eigenvalue weighted by molar-refractivity contribution is 0.405. The van der Waals surface area contributed by atoms with Crippen molar-refractivity contribution in [2.75, 3.05) is 7.11 Å². The van der Waals surface area contributed by atoms with Gasteiger partial charge in [-0.15, -0.1) is 11.6 Å². The van der Waals surface area contributed by atoms with Crippen LogP contribution in [0.25, 0.3) is 0 Å². The van der Waals surface area contributed by atoms with E-state index in [1.54, 1.807) is 6.07 Å². The van der Waals surface area contributed by atoms with Crippen molar-refractivity contribution in [3.63, 3.8) is 0 Å². The van der Waals surface area contributed by atoms with Gasteiger partial charge in [-0.25, -0.2) is 4.39 Å². The summed E-state index contributed by atoms with van der Waals surface area (Å²) in [4.78, 5) is 0. The van der Waals surface area contributed by atoms with Crippen molar-refractivity contribution in [3.05, 3.63) is 62.3 Å². The molecule has 0 bridgehead atoms. The highest BCUT2D eigenvalue weighted by atomic mass is 79.9. The number of alkyl halides is 1. The molecule has 0 saturated carbocycles. The highest BCUT2D eigenvalue weighted by Crippen LogP contribution is 2.36. The molecule has 20 heavy (non-hydrogen) atoms. The van der Waals surface area contributed by atoms with E-state index in [2.05, 4.69) is 31.9 Å². The van der Waals surface area contributed by atoms with Crippen molar-refractivity contribution in [1.29, 1.82) is 0 Å². The minimum Gasteiger partial charge on any atom is -0.496 e. The Morgan fingerprint density at radius 1 is 1.25 bits per heavy atom. The van der Waals surface area contributed by atoms with E-state index < -0.39 is 0 Å². The molecule has 0 aliphatic carbocycles. The van der Waals surface area contributed by atoms with Crippen LogP contribution in [0.1, 0.15) is 16.5 Å². The van der Waals surface area contributed by atoms with Crippen LogP contribution in [0, 0.1) is 5.82 Å². The van der Waals surface area contributed by atoms with Crippen LogP contribution in [0.2, 0.25) is 0 Å². The Labute approximate surface area is 139 Å². The zero-order valence-corrected chi connectivity index (χ0v) is 14.6. The standard InChI is InChI=1S/C15H12Br2ClFO/c1-20-15-8-14(19)12(17)7-11(15)13(18)6-9-3-2-4-10(16)5-9/h2-5,7-8,13H,6H2,1H3. The van der Waals surface area contributed by atoms with Gasteiger partial charge in [0.25, 0.3) is 0 Å². The van der Waals surface area contributed by atoms with E-state index in [9.17, 15) is 4.39 Å². The molecular weight excluding hydrogens is 410 g/mol. The lowest BCUT2D eigenvalue weighted by atomic mass is 10.0. The molecule has 106 valence electrons. The maximum absolute atomic E-state index is 13.5. The van der Waals surface area contributed by atoms with Crippen LogP contribution in [0.15, 0.2) is 45.3 Å². The van der Waals surface area contributed by atoms with Gasteiger partial charge in [0.15, 0.2) is 0 Å². The van der Waals surface area contributed by atoms with Crippen molar-refractivity contribution in [1.82, 2.24) is 0 Å². The molecular formula is C15H12Br2ClFO. The summed E-state index contributed by atoms with van der Waals surface area (Å²) in [5, 5.41) is -0.295. The van der Waals surface area contributed by atoms with Crippen molar-refractivity contribution in [2.24, 2.45) is 0 Å². The average molecular weight is 423 g/mol. The van der Waals surface area contributed by atoms with Gasteiger partial charge in [0, 0.05) is 16.1 Å². The van der Waals surface area contributed by atoms with Crippen LogP contribution < -0.4 is 4.74 Å². The van der Waals surface area contributed by atoms with Crippen LogP contribution in [0.3, 0.4) is 0 Å². The fourth-order valence-corrected chi connectivity index (χ4v) is 3.10. The summed E-state index contributed by atoms with van der Waals surface area (Å²) in [6.07, 6.45) is 0.634. The molecule has 1 unspecified atom stereocenters. The summed E-state index contributed by atoms with van der Waals surface area (Å²) in [7, 11) is 1.51. The van der Waals surface area contributed by atoms with E-state index in [1.165, 1.54) is 13.2 Å². The molecule has 5 heteroatoms. The van der Waals surface area contributed by atoms with Crippen molar-refractivity contribution in [3.8, 4) is 5.75 Å². The summed E-state index contributed by atoms with van der Waals surface area (Å²) in [6, 6.07) is 11.0. The number of hydrogen-bond acceptors (Lipinski definition) is 1. The summed E-state index contributed by atoms with van der Waals surface area (Å²) < 4.78 is 20.1. The number of benzene rings is 2. The quantitative estimate of drug-likeness (QED) is 0.559. The number of hydrogen-bond donors (Lipinski definition) is 0. The lowest BCUT2D eigenvalue weighted by Gasteiger charge is -2.15. The second-order valence-electron chi connectivity index (χ2n) is 4.31. The topological polar surface area (TPSA) is 9.23 Å². The van der Waals surface area contributed by atoms with Crippen LogP contribution in [-0.2, 0) is 6.42 Å². The normalized spacial score (nSPS) is 12.2. The molecule has 0 heterocycles. The van der Waals surface area contributed by atoms with E-state index in [0.717, 1.165) is 15.6 Å². The molecule has 2 rings (SSSR count). The van der Waals surface area contributed by atoms with Crippen molar-refractivity contribution >= 4 is 43.5 Å². The first-order chi connectivity index (χ1) is 9.51. The first kappa shape index (κ1) is 15.8. The molecule has 0 spiro atoms. The SMILES string of the molecule is COc1cc(F)c(Br)cc1C(Cl)Cc1cccc(Br)c1. The van der Waals surface area contributed by atoms with Crippen LogP contribution in [0.4, 0.5) is 4.39 Å². The van der Waals surface area contributed by atoms with Crippen LogP contribution in [0.5, 0.6) is 5.75 Å². The van der Waals surface area contributed by atoms with Crippen LogP contribution in [-0.4, -0.2) is 7.11 Å². The molecule has 0 fully saturated rings. The molecule has 0 saturated heterocycles. The Morgan fingerprint density at radius 2 is 2.00 bits per heavy atom. The molecule has 0 amide bonds. The predicted molar refractivity (Wildman–Crippen MR) is 87.1 cm³/mol. The van der Waals surface area contributed by atoms with E-state index in [4.69, 9.17) is 16.3 Å². The van der Waals surface area contributed by atoms with E-state index >= 15 is 0 Å². The minimum atomic E-state index is -0.364. The lowest BCUT2D eigenvalue weighted by Crippen LogP contribution is -2.00. The Hall–Kier alpha value is -0.580. The van der Waals surface area contributed by atoms with Gasteiger partial charge in [0.1, 0.15) is 11.6 Å². The van der Waals surface area contributed by atoms with Crippen molar-refractivity contribution in [2.45, 2.75) is 11.8 Å². The number of rotatable bonds is 4. The molecule has 0 aliphatic rings. The van der Waals surface area contributed by atoms with Gasteiger partial charge in [-0.05, 0) is 46.1 Å². The summed E-state index contributed by atoms with van der Waals surface area (Å²) in [6.45, 7) is 0. The Balaban J connectivity index is 2.29. The molecule has 0 radical (unpaired) electrons. The van der Waals surface area contributed by atoms with E-state index in [1.807, 2.05) is 24.3 Å². The van der Waals surface area contributed by atoms with Gasteiger partial charge >= 0.3 is 0 Å². The van der Waals surface area contributed by atoms with Gasteiger partial charge in [-0.2, -0.15) is 0 Å².